The molecule has 0 spiro atoms. The van der Waals surface area contributed by atoms with Gasteiger partial charge >= 0.3 is 0 Å². The minimum Gasteiger partial charge on any atom is -0.336 e. The summed E-state index contributed by atoms with van der Waals surface area (Å²) in [6.45, 7) is 3.90. The number of hydrogen-bond acceptors (Lipinski definition) is 5. The van der Waals surface area contributed by atoms with Crippen LogP contribution in [0.3, 0.4) is 0 Å². The lowest BCUT2D eigenvalue weighted by Gasteiger charge is -2.25. The lowest BCUT2D eigenvalue weighted by molar-refractivity contribution is -0.132. The second kappa shape index (κ2) is 10.2. The highest BCUT2D eigenvalue weighted by molar-refractivity contribution is 7.71. The van der Waals surface area contributed by atoms with Crippen LogP contribution in [-0.2, 0) is 17.9 Å². The van der Waals surface area contributed by atoms with Gasteiger partial charge in [0.1, 0.15) is 6.54 Å². The number of amides is 1. The van der Waals surface area contributed by atoms with E-state index in [9.17, 15) is 4.79 Å². The first-order valence-corrected chi connectivity index (χ1v) is 10.4. The molecule has 0 unspecified atom stereocenters. The summed E-state index contributed by atoms with van der Waals surface area (Å²) in [5.41, 5.74) is 3.59. The number of H-pyrrole nitrogens is 1. The monoisotopic (exact) mass is 434 g/mol. The molecule has 1 aromatic heterocycles. The van der Waals surface area contributed by atoms with Crippen molar-refractivity contribution in [2.75, 3.05) is 27.2 Å². The number of aromatic amines is 1. The molecule has 3 rings (SSSR count). The Morgan fingerprint density at radius 2 is 1.94 bits per heavy atom. The molecule has 0 radical (unpaired) electrons. The fourth-order valence-corrected chi connectivity index (χ4v) is 3.42. The van der Waals surface area contributed by atoms with Crippen molar-refractivity contribution >= 4 is 18.1 Å². The number of likely N-dealkylation sites (N-methyl/N-ethyl adjacent to an activating group) is 1. The first-order chi connectivity index (χ1) is 14.9. The summed E-state index contributed by atoms with van der Waals surface area (Å²) in [7, 11) is 3.96. The maximum atomic E-state index is 13.3. The number of carbonyl (C=O) groups is 1. The van der Waals surface area contributed by atoms with E-state index in [0.29, 0.717) is 29.2 Å². The van der Waals surface area contributed by atoms with Crippen LogP contribution in [0.25, 0.3) is 11.4 Å². The Labute approximate surface area is 187 Å². The van der Waals surface area contributed by atoms with Crippen molar-refractivity contribution in [3.8, 4) is 17.5 Å². The number of nitrogens with zero attached hydrogens (tertiary/aromatic N) is 5. The number of nitriles is 1. The fraction of sp³-hybridized carbons (Fsp3) is 0.304. The van der Waals surface area contributed by atoms with Gasteiger partial charge in [0.05, 0.1) is 11.6 Å². The Bertz CT molecular complexity index is 1140. The van der Waals surface area contributed by atoms with Gasteiger partial charge in [-0.1, -0.05) is 35.9 Å². The van der Waals surface area contributed by atoms with Crippen molar-refractivity contribution in [2.24, 2.45) is 0 Å². The molecule has 0 aliphatic rings. The van der Waals surface area contributed by atoms with Crippen molar-refractivity contribution in [1.82, 2.24) is 24.6 Å². The zero-order chi connectivity index (χ0) is 22.4. The zero-order valence-corrected chi connectivity index (χ0v) is 18.8. The van der Waals surface area contributed by atoms with Crippen LogP contribution in [0.15, 0.2) is 48.5 Å². The average Bonchev–Trinajstić information content (AvgIpc) is 3.11. The van der Waals surface area contributed by atoms with Crippen molar-refractivity contribution in [1.29, 1.82) is 5.26 Å². The van der Waals surface area contributed by atoms with E-state index in [2.05, 4.69) is 16.3 Å². The van der Waals surface area contributed by atoms with E-state index in [-0.39, 0.29) is 12.5 Å². The standard InChI is InChI=1S/C23H26N6OS/c1-17-5-4-6-20(13-17)22-25-26-23(31)29(22)16-21(30)28(12-11-27(2)3)15-19-9-7-18(14-24)8-10-19/h4-10,13H,11-12,15-16H2,1-3H3,(H,26,31). The van der Waals surface area contributed by atoms with Gasteiger partial charge in [-0.25, -0.2) is 0 Å². The van der Waals surface area contributed by atoms with Gasteiger partial charge in [0.25, 0.3) is 0 Å². The quantitative estimate of drug-likeness (QED) is 0.550. The highest BCUT2D eigenvalue weighted by atomic mass is 32.1. The predicted molar refractivity (Wildman–Crippen MR) is 123 cm³/mol. The highest BCUT2D eigenvalue weighted by Crippen LogP contribution is 2.19. The Morgan fingerprint density at radius 1 is 1.19 bits per heavy atom. The van der Waals surface area contributed by atoms with E-state index >= 15 is 0 Å². The minimum atomic E-state index is -0.0439. The molecule has 2 aromatic carbocycles. The van der Waals surface area contributed by atoms with E-state index in [0.717, 1.165) is 23.2 Å². The number of nitrogens with one attached hydrogen (secondary N) is 1. The van der Waals surface area contributed by atoms with Gasteiger partial charge in [-0.05, 0) is 57.0 Å². The normalized spacial score (nSPS) is 10.8. The second-order valence-corrected chi connectivity index (χ2v) is 8.12. The van der Waals surface area contributed by atoms with Crippen molar-refractivity contribution in [2.45, 2.75) is 20.0 Å². The van der Waals surface area contributed by atoms with Crippen LogP contribution < -0.4 is 0 Å². The Balaban J connectivity index is 1.84. The van der Waals surface area contributed by atoms with Crippen LogP contribution in [0.1, 0.15) is 16.7 Å². The maximum Gasteiger partial charge on any atom is 0.243 e. The van der Waals surface area contributed by atoms with Gasteiger partial charge in [-0.2, -0.15) is 10.4 Å². The van der Waals surface area contributed by atoms with Crippen LogP contribution in [0.5, 0.6) is 0 Å². The third-order valence-corrected chi connectivity index (χ3v) is 5.27. The molecule has 1 heterocycles. The molecule has 0 fully saturated rings. The molecule has 7 nitrogen and oxygen atoms in total. The molecule has 3 aromatic rings. The first-order valence-electron chi connectivity index (χ1n) is 10.0. The zero-order valence-electron chi connectivity index (χ0n) is 18.0. The van der Waals surface area contributed by atoms with Crippen LogP contribution in [0.4, 0.5) is 0 Å². The van der Waals surface area contributed by atoms with Crippen molar-refractivity contribution in [3.05, 3.63) is 70.0 Å². The molecule has 0 aliphatic carbocycles. The van der Waals surface area contributed by atoms with Crippen molar-refractivity contribution in [3.63, 3.8) is 0 Å². The molecule has 31 heavy (non-hydrogen) atoms. The lowest BCUT2D eigenvalue weighted by atomic mass is 10.1. The van der Waals surface area contributed by atoms with Crippen LogP contribution in [0, 0.1) is 23.0 Å². The van der Waals surface area contributed by atoms with Gasteiger partial charge in [0.2, 0.25) is 5.91 Å². The van der Waals surface area contributed by atoms with Gasteiger partial charge < -0.3 is 9.80 Å². The van der Waals surface area contributed by atoms with E-state index in [4.69, 9.17) is 17.5 Å². The number of benzene rings is 2. The Hall–Kier alpha value is -3.28. The molecule has 0 saturated heterocycles. The predicted octanol–water partition coefficient (Wildman–Crippen LogP) is 3.38. The summed E-state index contributed by atoms with van der Waals surface area (Å²) in [5.74, 6) is 0.602. The maximum absolute atomic E-state index is 13.3. The molecule has 0 atom stereocenters. The number of hydrogen-bond donors (Lipinski definition) is 1. The van der Waals surface area contributed by atoms with Gasteiger partial charge in [-0.3, -0.25) is 14.5 Å². The number of carbonyl (C=O) groups excluding carboxylic acids is 1. The summed E-state index contributed by atoms with van der Waals surface area (Å²) < 4.78 is 2.16. The van der Waals surface area contributed by atoms with E-state index in [1.807, 2.05) is 67.2 Å². The smallest absolute Gasteiger partial charge is 0.243 e. The van der Waals surface area contributed by atoms with Gasteiger partial charge in [-0.15, -0.1) is 0 Å². The van der Waals surface area contributed by atoms with Gasteiger partial charge in [0.15, 0.2) is 10.6 Å². The minimum absolute atomic E-state index is 0.0439. The summed E-state index contributed by atoms with van der Waals surface area (Å²) >= 11 is 5.41. The molecule has 8 heteroatoms. The fourth-order valence-electron chi connectivity index (χ4n) is 3.22. The van der Waals surface area contributed by atoms with Crippen LogP contribution >= 0.6 is 12.2 Å². The third-order valence-electron chi connectivity index (χ3n) is 4.95. The van der Waals surface area contributed by atoms with E-state index in [1.54, 1.807) is 16.7 Å². The Morgan fingerprint density at radius 3 is 2.58 bits per heavy atom. The van der Waals surface area contributed by atoms with Gasteiger partial charge in [0, 0.05) is 25.2 Å². The number of aromatic nitrogens is 3. The summed E-state index contributed by atoms with van der Waals surface area (Å²) in [6, 6.07) is 17.4. The van der Waals surface area contributed by atoms with Crippen LogP contribution in [0.2, 0.25) is 0 Å². The molecular formula is C23H26N6OS. The Kier molecular flexibility index (Phi) is 7.34. The number of rotatable bonds is 8. The third kappa shape index (κ3) is 5.87. The molecule has 0 bridgehead atoms. The molecule has 0 saturated carbocycles. The average molecular weight is 435 g/mol. The molecule has 0 aliphatic heterocycles. The van der Waals surface area contributed by atoms with Crippen molar-refractivity contribution < 1.29 is 4.79 Å². The molecular weight excluding hydrogens is 408 g/mol. The molecule has 160 valence electrons. The summed E-state index contributed by atoms with van der Waals surface area (Å²) in [6.07, 6.45) is 0. The topological polar surface area (TPSA) is 81.0 Å². The SMILES string of the molecule is Cc1cccc(-c2n[nH]c(=S)n2CC(=O)N(CCN(C)C)Cc2ccc(C#N)cc2)c1. The summed E-state index contributed by atoms with van der Waals surface area (Å²) in [4.78, 5) is 17.2. The second-order valence-electron chi connectivity index (χ2n) is 7.74. The lowest BCUT2D eigenvalue weighted by Crippen LogP contribution is -2.38. The largest absolute Gasteiger partial charge is 0.336 e. The van der Waals surface area contributed by atoms with E-state index < -0.39 is 0 Å². The molecule has 1 amide bonds. The highest BCUT2D eigenvalue weighted by Gasteiger charge is 2.18. The first kappa shape index (κ1) is 22.4. The van der Waals surface area contributed by atoms with E-state index in [1.165, 1.54) is 0 Å². The summed E-state index contributed by atoms with van der Waals surface area (Å²) in [5, 5.41) is 16.2. The molecule has 1 N–H and O–H groups in total. The van der Waals surface area contributed by atoms with Crippen LogP contribution in [-0.4, -0.2) is 57.7 Å². The number of aryl methyl sites for hydroxylation is 1.